The predicted octanol–water partition coefficient (Wildman–Crippen LogP) is 3.93. The molecular weight excluding hydrogens is 224 g/mol. The van der Waals surface area contributed by atoms with E-state index >= 15 is 0 Å². The number of nitrogens with one attached hydrogen (secondary N) is 1. The number of carbonyl (C=O) groups is 1. The molecule has 0 aromatic rings. The van der Waals surface area contributed by atoms with Crippen LogP contribution < -0.4 is 5.32 Å². The van der Waals surface area contributed by atoms with Crippen molar-refractivity contribution in [3.8, 4) is 0 Å². The second kappa shape index (κ2) is 9.23. The van der Waals surface area contributed by atoms with Crippen LogP contribution in [-0.4, -0.2) is 30.1 Å². The van der Waals surface area contributed by atoms with Gasteiger partial charge in [0.15, 0.2) is 0 Å². The van der Waals surface area contributed by atoms with Crippen molar-refractivity contribution in [3.05, 3.63) is 0 Å². The zero-order valence-electron chi connectivity index (χ0n) is 12.2. The van der Waals surface area contributed by atoms with Gasteiger partial charge in [-0.05, 0) is 25.7 Å². The Morgan fingerprint density at radius 1 is 1.06 bits per heavy atom. The lowest BCUT2D eigenvalue weighted by Gasteiger charge is -2.25. The van der Waals surface area contributed by atoms with Crippen LogP contribution in [0.1, 0.15) is 71.6 Å². The summed E-state index contributed by atoms with van der Waals surface area (Å²) >= 11 is 0. The molecule has 0 bridgehead atoms. The summed E-state index contributed by atoms with van der Waals surface area (Å²) in [5.41, 5.74) is 0. The number of unbranched alkanes of at least 4 members (excludes halogenated alkanes) is 1. The van der Waals surface area contributed by atoms with Crippen molar-refractivity contribution in [2.45, 2.75) is 77.7 Å². The van der Waals surface area contributed by atoms with Crippen molar-refractivity contribution in [3.63, 3.8) is 0 Å². The van der Waals surface area contributed by atoms with Crippen LogP contribution in [0.3, 0.4) is 0 Å². The Morgan fingerprint density at radius 2 is 1.72 bits per heavy atom. The molecule has 1 unspecified atom stereocenters. The van der Waals surface area contributed by atoms with Crippen molar-refractivity contribution in [2.24, 2.45) is 0 Å². The van der Waals surface area contributed by atoms with Crippen LogP contribution in [0.4, 0.5) is 4.79 Å². The molecule has 1 heterocycles. The minimum absolute atomic E-state index is 0.173. The molecule has 1 atom stereocenters. The van der Waals surface area contributed by atoms with Crippen LogP contribution in [0.15, 0.2) is 0 Å². The third-order valence-corrected chi connectivity index (χ3v) is 3.76. The Morgan fingerprint density at radius 3 is 2.28 bits per heavy atom. The SMILES string of the molecule is CCCCC(CCC)NC(=O)N1CCCCCC1. The summed E-state index contributed by atoms with van der Waals surface area (Å²) in [5, 5.41) is 3.24. The van der Waals surface area contributed by atoms with Crippen molar-refractivity contribution in [2.75, 3.05) is 13.1 Å². The molecule has 3 heteroatoms. The summed E-state index contributed by atoms with van der Waals surface area (Å²) in [6.45, 7) is 6.29. The second-order valence-electron chi connectivity index (χ2n) is 5.48. The fraction of sp³-hybridized carbons (Fsp3) is 0.933. The van der Waals surface area contributed by atoms with Crippen molar-refractivity contribution < 1.29 is 4.79 Å². The van der Waals surface area contributed by atoms with Crippen LogP contribution in [0.2, 0.25) is 0 Å². The number of carbonyl (C=O) groups excluding carboxylic acids is 1. The minimum atomic E-state index is 0.173. The number of urea groups is 1. The molecule has 1 aliphatic heterocycles. The Hall–Kier alpha value is -0.730. The molecule has 18 heavy (non-hydrogen) atoms. The van der Waals surface area contributed by atoms with E-state index in [1.807, 2.05) is 4.90 Å². The smallest absolute Gasteiger partial charge is 0.317 e. The maximum atomic E-state index is 12.2. The van der Waals surface area contributed by atoms with Crippen LogP contribution in [0, 0.1) is 0 Å². The predicted molar refractivity (Wildman–Crippen MR) is 76.8 cm³/mol. The molecule has 0 aromatic heterocycles. The summed E-state index contributed by atoms with van der Waals surface area (Å²) in [4.78, 5) is 14.2. The molecule has 0 aromatic carbocycles. The standard InChI is InChI=1S/C15H30N2O/c1-3-5-11-14(10-4-2)16-15(18)17-12-8-6-7-9-13-17/h14H,3-13H2,1-2H3,(H,16,18). The number of hydrogen-bond donors (Lipinski definition) is 1. The molecule has 1 N–H and O–H groups in total. The van der Waals surface area contributed by atoms with Gasteiger partial charge in [-0.25, -0.2) is 4.79 Å². The van der Waals surface area contributed by atoms with E-state index in [0.717, 1.165) is 32.4 Å². The van der Waals surface area contributed by atoms with Crippen LogP contribution >= 0.6 is 0 Å². The van der Waals surface area contributed by atoms with Gasteiger partial charge in [0.2, 0.25) is 0 Å². The second-order valence-corrected chi connectivity index (χ2v) is 5.48. The molecule has 1 aliphatic rings. The summed E-state index contributed by atoms with van der Waals surface area (Å²) in [6, 6.07) is 0.553. The number of amides is 2. The first-order valence-corrected chi connectivity index (χ1v) is 7.83. The summed E-state index contributed by atoms with van der Waals surface area (Å²) in [6.07, 6.45) is 10.7. The number of hydrogen-bond acceptors (Lipinski definition) is 1. The van der Waals surface area contributed by atoms with E-state index in [1.165, 1.54) is 38.5 Å². The molecule has 106 valence electrons. The first-order chi connectivity index (χ1) is 8.77. The average molecular weight is 254 g/mol. The van der Waals surface area contributed by atoms with E-state index in [9.17, 15) is 4.79 Å². The highest BCUT2D eigenvalue weighted by Gasteiger charge is 2.18. The first-order valence-electron chi connectivity index (χ1n) is 7.83. The maximum absolute atomic E-state index is 12.2. The van der Waals surface area contributed by atoms with Gasteiger partial charge >= 0.3 is 6.03 Å². The molecule has 0 radical (unpaired) electrons. The van der Waals surface area contributed by atoms with Crippen molar-refractivity contribution >= 4 is 6.03 Å². The van der Waals surface area contributed by atoms with E-state index in [-0.39, 0.29) is 6.03 Å². The van der Waals surface area contributed by atoms with E-state index in [4.69, 9.17) is 0 Å². The van der Waals surface area contributed by atoms with Crippen LogP contribution in [0.5, 0.6) is 0 Å². The lowest BCUT2D eigenvalue weighted by molar-refractivity contribution is 0.193. The van der Waals surface area contributed by atoms with Crippen molar-refractivity contribution in [1.29, 1.82) is 0 Å². The quantitative estimate of drug-likeness (QED) is 0.765. The fourth-order valence-electron chi connectivity index (χ4n) is 2.63. The van der Waals surface area contributed by atoms with Gasteiger partial charge in [0.05, 0.1) is 0 Å². The third kappa shape index (κ3) is 5.74. The largest absolute Gasteiger partial charge is 0.335 e. The van der Waals surface area contributed by atoms with Gasteiger partial charge in [-0.1, -0.05) is 46.0 Å². The topological polar surface area (TPSA) is 32.3 Å². The van der Waals surface area contributed by atoms with E-state index in [1.54, 1.807) is 0 Å². The zero-order valence-corrected chi connectivity index (χ0v) is 12.2. The zero-order chi connectivity index (χ0) is 13.2. The molecule has 3 nitrogen and oxygen atoms in total. The summed E-state index contributed by atoms with van der Waals surface area (Å²) < 4.78 is 0. The molecule has 0 aliphatic carbocycles. The van der Waals surface area contributed by atoms with Gasteiger partial charge in [0.1, 0.15) is 0 Å². The monoisotopic (exact) mass is 254 g/mol. The lowest BCUT2D eigenvalue weighted by Crippen LogP contribution is -2.45. The van der Waals surface area contributed by atoms with E-state index in [0.29, 0.717) is 6.04 Å². The Labute approximate surface area is 112 Å². The Kier molecular flexibility index (Phi) is 7.86. The Balaban J connectivity index is 2.37. The highest BCUT2D eigenvalue weighted by molar-refractivity contribution is 5.74. The maximum Gasteiger partial charge on any atom is 0.317 e. The molecular formula is C15H30N2O. The Bertz CT molecular complexity index is 223. The van der Waals surface area contributed by atoms with Crippen LogP contribution in [0.25, 0.3) is 0 Å². The number of nitrogens with zero attached hydrogens (tertiary/aromatic N) is 1. The minimum Gasteiger partial charge on any atom is -0.335 e. The first kappa shape index (κ1) is 15.3. The van der Waals surface area contributed by atoms with Gasteiger partial charge in [0, 0.05) is 19.1 Å². The van der Waals surface area contributed by atoms with Crippen LogP contribution in [-0.2, 0) is 0 Å². The van der Waals surface area contributed by atoms with Gasteiger partial charge < -0.3 is 10.2 Å². The average Bonchev–Trinajstić information content (AvgIpc) is 2.65. The normalized spacial score (nSPS) is 18.2. The number of likely N-dealkylation sites (tertiary alicyclic amines) is 1. The van der Waals surface area contributed by atoms with Crippen molar-refractivity contribution in [1.82, 2.24) is 10.2 Å². The van der Waals surface area contributed by atoms with Gasteiger partial charge in [0.25, 0.3) is 0 Å². The fourth-order valence-corrected chi connectivity index (χ4v) is 2.63. The number of rotatable bonds is 6. The highest BCUT2D eigenvalue weighted by atomic mass is 16.2. The molecule has 1 saturated heterocycles. The third-order valence-electron chi connectivity index (χ3n) is 3.76. The van der Waals surface area contributed by atoms with E-state index < -0.39 is 0 Å². The molecule has 0 saturated carbocycles. The van der Waals surface area contributed by atoms with Gasteiger partial charge in [-0.3, -0.25) is 0 Å². The van der Waals surface area contributed by atoms with Gasteiger partial charge in [-0.2, -0.15) is 0 Å². The summed E-state index contributed by atoms with van der Waals surface area (Å²) in [5.74, 6) is 0. The molecule has 1 fully saturated rings. The molecule has 2 amide bonds. The molecule has 1 rings (SSSR count). The molecule has 0 spiro atoms. The lowest BCUT2D eigenvalue weighted by atomic mass is 10.1. The van der Waals surface area contributed by atoms with Gasteiger partial charge in [-0.15, -0.1) is 0 Å². The van der Waals surface area contributed by atoms with E-state index in [2.05, 4.69) is 19.2 Å². The highest BCUT2D eigenvalue weighted by Crippen LogP contribution is 2.11. The summed E-state index contributed by atoms with van der Waals surface area (Å²) in [7, 11) is 0.